The van der Waals surface area contributed by atoms with Crippen LogP contribution in [0.5, 0.6) is 23.0 Å². The lowest BCUT2D eigenvalue weighted by molar-refractivity contribution is -0.271. The molecule has 6 N–H and O–H groups in total. The van der Waals surface area contributed by atoms with E-state index in [1.165, 1.54) is 18.2 Å². The maximum Gasteiger partial charge on any atom is 0.335 e. The van der Waals surface area contributed by atoms with Crippen LogP contribution in [-0.2, 0) is 9.53 Å². The van der Waals surface area contributed by atoms with Gasteiger partial charge in [-0.1, -0.05) is 12.1 Å². The minimum atomic E-state index is -1.88. The predicted octanol–water partition coefficient (Wildman–Crippen LogP) is 0.0753. The van der Waals surface area contributed by atoms with Gasteiger partial charge in [-0.3, -0.25) is 4.79 Å². The number of hydrogen-bond donors (Lipinski definition) is 6. The summed E-state index contributed by atoms with van der Waals surface area (Å²) in [4.78, 5) is 23.8. The highest BCUT2D eigenvalue weighted by atomic mass is 16.7. The number of carbonyl (C=O) groups excluding carboxylic acids is 1. The molecule has 6 atom stereocenters. The van der Waals surface area contributed by atoms with E-state index in [-0.39, 0.29) is 29.2 Å². The normalized spacial score (nSPS) is 29.7. The van der Waals surface area contributed by atoms with Gasteiger partial charge in [0.25, 0.3) is 0 Å². The van der Waals surface area contributed by atoms with E-state index >= 15 is 0 Å². The molecule has 0 radical (unpaired) electrons. The third-order valence-corrected chi connectivity index (χ3v) is 5.30. The molecule has 2 aromatic rings. The molecule has 0 spiro atoms. The van der Waals surface area contributed by atoms with Gasteiger partial charge in [0.1, 0.15) is 53.0 Å². The van der Waals surface area contributed by atoms with Gasteiger partial charge in [-0.2, -0.15) is 0 Å². The minimum absolute atomic E-state index is 0.0185. The Kier molecular flexibility index (Phi) is 5.65. The van der Waals surface area contributed by atoms with Crippen LogP contribution < -0.4 is 9.47 Å². The van der Waals surface area contributed by atoms with Crippen LogP contribution in [0.1, 0.15) is 28.4 Å². The quantitative estimate of drug-likeness (QED) is 0.372. The van der Waals surface area contributed by atoms with Crippen molar-refractivity contribution in [1.82, 2.24) is 0 Å². The van der Waals surface area contributed by atoms with Crippen molar-refractivity contribution >= 4 is 11.8 Å². The highest BCUT2D eigenvalue weighted by Crippen LogP contribution is 2.42. The summed E-state index contributed by atoms with van der Waals surface area (Å²) in [5, 5.41) is 58.7. The van der Waals surface area contributed by atoms with Crippen LogP contribution >= 0.6 is 0 Å². The van der Waals surface area contributed by atoms with Crippen LogP contribution in [0.4, 0.5) is 0 Å². The zero-order valence-electron chi connectivity index (χ0n) is 16.4. The number of carboxylic acids is 1. The predicted molar refractivity (Wildman–Crippen MR) is 103 cm³/mol. The number of aliphatic carboxylic acids is 1. The van der Waals surface area contributed by atoms with Crippen LogP contribution in [0.15, 0.2) is 36.4 Å². The monoisotopic (exact) mass is 448 g/mol. The number of aliphatic hydroxyl groups is 3. The first-order valence-corrected chi connectivity index (χ1v) is 9.60. The number of Topliss-reactive ketones (excluding diaryl/α,β-unsaturated/α-hetero) is 1. The number of rotatable bonds is 4. The molecule has 0 aliphatic carbocycles. The zero-order valence-corrected chi connectivity index (χ0v) is 16.4. The Hall–Kier alpha value is -3.38. The molecule has 1 fully saturated rings. The van der Waals surface area contributed by atoms with Gasteiger partial charge in [0.2, 0.25) is 6.29 Å². The van der Waals surface area contributed by atoms with Crippen molar-refractivity contribution in [2.45, 2.75) is 43.2 Å². The molecule has 11 heteroatoms. The molecule has 2 aliphatic rings. The van der Waals surface area contributed by atoms with Gasteiger partial charge in [-0.25, -0.2) is 4.79 Å². The maximum absolute atomic E-state index is 12.6. The van der Waals surface area contributed by atoms with Crippen molar-refractivity contribution in [2.24, 2.45) is 0 Å². The van der Waals surface area contributed by atoms with Gasteiger partial charge in [0.05, 0.1) is 6.42 Å². The van der Waals surface area contributed by atoms with Gasteiger partial charge in [0.15, 0.2) is 11.9 Å². The van der Waals surface area contributed by atoms with E-state index in [1.54, 1.807) is 12.1 Å². The molecule has 0 bridgehead atoms. The molecule has 2 heterocycles. The van der Waals surface area contributed by atoms with Crippen molar-refractivity contribution in [3.63, 3.8) is 0 Å². The molecule has 4 rings (SSSR count). The molecule has 2 aromatic carbocycles. The summed E-state index contributed by atoms with van der Waals surface area (Å²) in [5.41, 5.74) is 0.538. The molecule has 11 nitrogen and oxygen atoms in total. The second kappa shape index (κ2) is 8.28. The molecule has 170 valence electrons. The van der Waals surface area contributed by atoms with Gasteiger partial charge >= 0.3 is 5.97 Å². The van der Waals surface area contributed by atoms with Crippen LogP contribution in [-0.4, -0.2) is 73.1 Å². The number of phenolic OH excluding ortho intramolecular Hbond substituents is 2. The van der Waals surface area contributed by atoms with E-state index in [0.717, 1.165) is 6.07 Å². The van der Waals surface area contributed by atoms with Gasteiger partial charge in [-0.05, 0) is 17.7 Å². The molecule has 0 aromatic heterocycles. The topological polar surface area (TPSA) is 183 Å². The van der Waals surface area contributed by atoms with E-state index in [9.17, 15) is 35.1 Å². The van der Waals surface area contributed by atoms with E-state index in [1.807, 2.05) is 0 Å². The van der Waals surface area contributed by atoms with Crippen molar-refractivity contribution in [3.8, 4) is 23.0 Å². The van der Waals surface area contributed by atoms with Crippen molar-refractivity contribution < 1.29 is 54.4 Å². The van der Waals surface area contributed by atoms with Gasteiger partial charge in [-0.15, -0.1) is 0 Å². The van der Waals surface area contributed by atoms with Crippen LogP contribution in [0.2, 0.25) is 0 Å². The van der Waals surface area contributed by atoms with E-state index in [0.29, 0.717) is 5.56 Å². The largest absolute Gasteiger partial charge is 0.508 e. The maximum atomic E-state index is 12.6. The van der Waals surface area contributed by atoms with E-state index in [4.69, 9.17) is 19.3 Å². The highest BCUT2D eigenvalue weighted by Gasteiger charge is 2.48. The summed E-state index contributed by atoms with van der Waals surface area (Å²) in [6.45, 7) is 0. The molecule has 0 saturated carbocycles. The molecule has 32 heavy (non-hydrogen) atoms. The number of phenols is 2. The average molecular weight is 448 g/mol. The van der Waals surface area contributed by atoms with E-state index in [2.05, 4.69) is 0 Å². The number of ketones is 1. The molecule has 1 saturated heterocycles. The van der Waals surface area contributed by atoms with Crippen molar-refractivity contribution in [2.75, 3.05) is 0 Å². The SMILES string of the molecule is O=C1C[C@H](c2ccc(O)cc2)Oc2cc(O[C@@H]3OC(C(=O)O)[C@@H](O)C(O)C3O)cc(O)c21. The minimum Gasteiger partial charge on any atom is -0.508 e. The number of aromatic hydroxyl groups is 2. The third kappa shape index (κ3) is 3.94. The van der Waals surface area contributed by atoms with Gasteiger partial charge < -0.3 is 44.8 Å². The van der Waals surface area contributed by atoms with Crippen molar-refractivity contribution in [1.29, 1.82) is 0 Å². The lowest BCUT2D eigenvalue weighted by Gasteiger charge is -2.38. The Morgan fingerprint density at radius 2 is 1.69 bits per heavy atom. The summed E-state index contributed by atoms with van der Waals surface area (Å²) in [7, 11) is 0. The summed E-state index contributed by atoms with van der Waals surface area (Å²) < 4.78 is 16.3. The fraction of sp³-hybridized carbons (Fsp3) is 0.333. The van der Waals surface area contributed by atoms with Gasteiger partial charge in [0, 0.05) is 12.1 Å². The second-order valence-corrected chi connectivity index (χ2v) is 7.49. The van der Waals surface area contributed by atoms with Crippen LogP contribution in [0.25, 0.3) is 0 Å². The fourth-order valence-electron chi connectivity index (χ4n) is 3.64. The van der Waals surface area contributed by atoms with Crippen LogP contribution in [0.3, 0.4) is 0 Å². The third-order valence-electron chi connectivity index (χ3n) is 5.30. The Bertz CT molecular complexity index is 1030. The number of hydrogen-bond acceptors (Lipinski definition) is 10. The number of ether oxygens (including phenoxy) is 3. The van der Waals surface area contributed by atoms with Crippen molar-refractivity contribution in [3.05, 3.63) is 47.5 Å². The number of carboxylic acid groups (broad SMARTS) is 1. The summed E-state index contributed by atoms with van der Waals surface area (Å²) in [6, 6.07) is 8.37. The summed E-state index contributed by atoms with van der Waals surface area (Å²) >= 11 is 0. The molecule has 2 aliphatic heterocycles. The molecule has 3 unspecified atom stereocenters. The first-order valence-electron chi connectivity index (χ1n) is 9.60. The molecular weight excluding hydrogens is 428 g/mol. The summed E-state index contributed by atoms with van der Waals surface area (Å²) in [5.74, 6) is -2.55. The Morgan fingerprint density at radius 1 is 1.00 bits per heavy atom. The van der Waals surface area contributed by atoms with E-state index < -0.39 is 54.3 Å². The smallest absolute Gasteiger partial charge is 0.335 e. The zero-order chi connectivity index (χ0) is 23.2. The average Bonchev–Trinajstić information content (AvgIpc) is 2.73. The number of carbonyl (C=O) groups is 2. The Morgan fingerprint density at radius 3 is 2.34 bits per heavy atom. The molecular formula is C21H20O11. The fourth-order valence-corrected chi connectivity index (χ4v) is 3.64. The number of benzene rings is 2. The first kappa shape index (κ1) is 21.8. The standard InChI is InChI=1S/C21H20O11/c22-9-3-1-8(2-4-9)13-7-12(24)15-11(23)5-10(6-14(15)31-13)30-21-18(27)16(25)17(26)19(32-21)20(28)29/h1-6,13,16-19,21-23,25-27H,7H2,(H,28,29)/t13-,16?,17+,18?,19?,21-/m1/s1. The summed E-state index contributed by atoms with van der Waals surface area (Å²) in [6.07, 6.45) is -9.86. The second-order valence-electron chi connectivity index (χ2n) is 7.49. The lowest BCUT2D eigenvalue weighted by atomic mass is 9.95. The molecule has 0 amide bonds. The lowest BCUT2D eigenvalue weighted by Crippen LogP contribution is -2.61. The number of aliphatic hydroxyl groups excluding tert-OH is 3. The number of fused-ring (bicyclic) bond motifs is 1. The Labute approximate surface area is 180 Å². The first-order chi connectivity index (χ1) is 15.2. The highest BCUT2D eigenvalue weighted by molar-refractivity contribution is 6.02. The van der Waals surface area contributed by atoms with Crippen LogP contribution in [0, 0.1) is 0 Å². The Balaban J connectivity index is 1.60.